The van der Waals surface area contributed by atoms with Crippen LogP contribution in [-0.4, -0.2) is 12.5 Å². The number of nitrogens with one attached hydrogen (secondary N) is 1. The summed E-state index contributed by atoms with van der Waals surface area (Å²) in [5.41, 5.74) is 6.87. The van der Waals surface area contributed by atoms with Crippen LogP contribution in [0.15, 0.2) is 53.0 Å². The molecule has 1 amide bonds. The molecule has 2 aromatic carbocycles. The zero-order chi connectivity index (χ0) is 17.7. The van der Waals surface area contributed by atoms with E-state index in [9.17, 15) is 4.79 Å². The van der Waals surface area contributed by atoms with Gasteiger partial charge in [-0.15, -0.1) is 12.4 Å². The van der Waals surface area contributed by atoms with Crippen LogP contribution in [0.5, 0.6) is 5.75 Å². The van der Waals surface area contributed by atoms with Crippen LogP contribution in [0.2, 0.25) is 0 Å². The Hall–Kier alpha value is -1.56. The minimum Gasteiger partial charge on any atom is -0.494 e. The fraction of sp³-hybridized carbons (Fsp3) is 0.316. The summed E-state index contributed by atoms with van der Waals surface area (Å²) >= 11 is 3.39. The van der Waals surface area contributed by atoms with Crippen molar-refractivity contribution in [3.05, 3.63) is 64.1 Å². The van der Waals surface area contributed by atoms with Gasteiger partial charge in [0, 0.05) is 10.0 Å². The summed E-state index contributed by atoms with van der Waals surface area (Å²) in [6.07, 6.45) is 0. The molecule has 0 aromatic heterocycles. The van der Waals surface area contributed by atoms with Gasteiger partial charge in [-0.1, -0.05) is 46.3 Å². The highest BCUT2D eigenvalue weighted by Crippen LogP contribution is 2.27. The summed E-state index contributed by atoms with van der Waals surface area (Å²) in [5.74, 6) is 0.541. The number of ether oxygens (including phenoxy) is 1. The van der Waals surface area contributed by atoms with Crippen molar-refractivity contribution in [3.8, 4) is 5.75 Å². The number of rotatable bonds is 6. The van der Waals surface area contributed by atoms with E-state index in [0.717, 1.165) is 21.3 Å². The van der Waals surface area contributed by atoms with Crippen LogP contribution >= 0.6 is 28.3 Å². The normalized spacial score (nSPS) is 14.0. The molecule has 0 heterocycles. The highest BCUT2D eigenvalue weighted by molar-refractivity contribution is 9.10. The molecule has 0 saturated heterocycles. The first-order valence-electron chi connectivity index (χ1n) is 7.94. The number of nitrogens with two attached hydrogens (primary N) is 1. The predicted octanol–water partition coefficient (Wildman–Crippen LogP) is 4.32. The lowest BCUT2D eigenvalue weighted by atomic mass is 9.91. The van der Waals surface area contributed by atoms with Crippen molar-refractivity contribution in [1.29, 1.82) is 0 Å². The molecule has 2 unspecified atom stereocenters. The van der Waals surface area contributed by atoms with Crippen LogP contribution in [0.4, 0.5) is 0 Å². The Labute approximate surface area is 163 Å². The zero-order valence-electron chi connectivity index (χ0n) is 14.6. The molecule has 0 fully saturated rings. The molecule has 4 nitrogen and oxygen atoms in total. The molecule has 3 N–H and O–H groups in total. The van der Waals surface area contributed by atoms with Gasteiger partial charge >= 0.3 is 0 Å². The van der Waals surface area contributed by atoms with Gasteiger partial charge in [0.1, 0.15) is 11.3 Å². The van der Waals surface area contributed by atoms with E-state index in [0.29, 0.717) is 6.61 Å². The third-order valence-electron chi connectivity index (χ3n) is 3.95. The van der Waals surface area contributed by atoms with E-state index in [4.69, 9.17) is 10.5 Å². The topological polar surface area (TPSA) is 64.3 Å². The summed E-state index contributed by atoms with van der Waals surface area (Å²) in [6.45, 7) is 6.15. The van der Waals surface area contributed by atoms with Gasteiger partial charge in [-0.25, -0.2) is 0 Å². The van der Waals surface area contributed by atoms with Crippen LogP contribution in [0.1, 0.15) is 37.9 Å². The highest BCUT2D eigenvalue weighted by atomic mass is 79.9. The molecule has 136 valence electrons. The van der Waals surface area contributed by atoms with Gasteiger partial charge in [0.15, 0.2) is 0 Å². The lowest BCUT2D eigenvalue weighted by Crippen LogP contribution is -2.49. The molecule has 2 rings (SSSR count). The Morgan fingerprint density at radius 3 is 2.44 bits per heavy atom. The zero-order valence-corrected chi connectivity index (χ0v) is 17.0. The van der Waals surface area contributed by atoms with Crippen LogP contribution < -0.4 is 15.8 Å². The quantitative estimate of drug-likeness (QED) is 0.721. The van der Waals surface area contributed by atoms with Crippen molar-refractivity contribution in [2.24, 2.45) is 5.73 Å². The molecule has 25 heavy (non-hydrogen) atoms. The van der Waals surface area contributed by atoms with E-state index >= 15 is 0 Å². The molecule has 0 radical (unpaired) electrons. The Bertz CT molecular complexity index is 705. The fourth-order valence-electron chi connectivity index (χ4n) is 2.48. The number of carbonyl (C=O) groups is 1. The number of hydrogen-bond acceptors (Lipinski definition) is 3. The number of hydrogen-bond donors (Lipinski definition) is 2. The van der Waals surface area contributed by atoms with E-state index in [1.165, 1.54) is 0 Å². The van der Waals surface area contributed by atoms with Crippen LogP contribution in [0, 0.1) is 0 Å². The van der Waals surface area contributed by atoms with Crippen molar-refractivity contribution >= 4 is 34.2 Å². The Kier molecular flexibility index (Phi) is 7.93. The highest BCUT2D eigenvalue weighted by Gasteiger charge is 2.31. The van der Waals surface area contributed by atoms with Crippen LogP contribution in [0.3, 0.4) is 0 Å². The molecular formula is C19H24BrClN2O2. The molecule has 0 aliphatic heterocycles. The summed E-state index contributed by atoms with van der Waals surface area (Å²) in [4.78, 5) is 12.7. The van der Waals surface area contributed by atoms with E-state index in [1.54, 1.807) is 6.92 Å². The molecule has 2 atom stereocenters. The average molecular weight is 428 g/mol. The van der Waals surface area contributed by atoms with E-state index in [-0.39, 0.29) is 24.4 Å². The lowest BCUT2D eigenvalue weighted by molar-refractivity contribution is -0.126. The van der Waals surface area contributed by atoms with Crippen molar-refractivity contribution in [1.82, 2.24) is 5.32 Å². The average Bonchev–Trinajstić information content (AvgIpc) is 2.56. The minimum atomic E-state index is -1.12. The third kappa shape index (κ3) is 5.21. The minimum absolute atomic E-state index is 0. The molecular weight excluding hydrogens is 404 g/mol. The molecule has 6 heteroatoms. The van der Waals surface area contributed by atoms with Gasteiger partial charge in [0.25, 0.3) is 0 Å². The first kappa shape index (κ1) is 21.5. The van der Waals surface area contributed by atoms with Crippen molar-refractivity contribution in [2.45, 2.75) is 32.4 Å². The Morgan fingerprint density at radius 2 is 1.84 bits per heavy atom. The van der Waals surface area contributed by atoms with Gasteiger partial charge in [-0.05, 0) is 44.5 Å². The monoisotopic (exact) mass is 426 g/mol. The maximum Gasteiger partial charge on any atom is 0.244 e. The standard InChI is InChI=1S/C19H23BrN2O2.ClH/c1-4-24-17-8-6-5-7-16(17)13(2)22-18(23)19(3,21)14-9-11-15(20)12-10-14;/h5-13H,4,21H2,1-3H3,(H,22,23);1H. The van der Waals surface area contributed by atoms with Gasteiger partial charge in [0.05, 0.1) is 12.6 Å². The molecule has 0 aliphatic carbocycles. The van der Waals surface area contributed by atoms with Crippen molar-refractivity contribution in [2.75, 3.05) is 6.61 Å². The number of benzene rings is 2. The van der Waals surface area contributed by atoms with Gasteiger partial charge < -0.3 is 15.8 Å². The molecule has 2 aromatic rings. The van der Waals surface area contributed by atoms with E-state index in [1.807, 2.05) is 62.4 Å². The maximum atomic E-state index is 12.7. The van der Waals surface area contributed by atoms with Crippen LogP contribution in [0.25, 0.3) is 0 Å². The second-order valence-electron chi connectivity index (χ2n) is 5.88. The second-order valence-corrected chi connectivity index (χ2v) is 6.79. The lowest BCUT2D eigenvalue weighted by Gasteiger charge is -2.27. The predicted molar refractivity (Wildman–Crippen MR) is 107 cm³/mol. The molecule has 0 aliphatic rings. The number of amides is 1. The summed E-state index contributed by atoms with van der Waals surface area (Å²) in [7, 11) is 0. The number of carbonyl (C=O) groups excluding carboxylic acids is 1. The molecule has 0 spiro atoms. The first-order valence-corrected chi connectivity index (χ1v) is 8.73. The van der Waals surface area contributed by atoms with Gasteiger partial charge in [0.2, 0.25) is 5.91 Å². The van der Waals surface area contributed by atoms with Crippen molar-refractivity contribution < 1.29 is 9.53 Å². The summed E-state index contributed by atoms with van der Waals surface area (Å²) in [6, 6.07) is 14.9. The molecule has 0 bridgehead atoms. The summed E-state index contributed by atoms with van der Waals surface area (Å²) in [5, 5.41) is 2.99. The number of para-hydroxylation sites is 1. The fourth-order valence-corrected chi connectivity index (χ4v) is 2.74. The smallest absolute Gasteiger partial charge is 0.244 e. The van der Waals surface area contributed by atoms with Crippen LogP contribution in [-0.2, 0) is 10.3 Å². The molecule has 0 saturated carbocycles. The third-order valence-corrected chi connectivity index (χ3v) is 4.48. The second kappa shape index (κ2) is 9.22. The Morgan fingerprint density at radius 1 is 1.24 bits per heavy atom. The maximum absolute atomic E-state index is 12.7. The van der Waals surface area contributed by atoms with E-state index < -0.39 is 5.54 Å². The first-order chi connectivity index (χ1) is 11.4. The largest absolute Gasteiger partial charge is 0.494 e. The van der Waals surface area contributed by atoms with E-state index in [2.05, 4.69) is 21.2 Å². The van der Waals surface area contributed by atoms with Gasteiger partial charge in [-0.2, -0.15) is 0 Å². The van der Waals surface area contributed by atoms with Crippen molar-refractivity contribution in [3.63, 3.8) is 0 Å². The van der Waals surface area contributed by atoms with Gasteiger partial charge in [-0.3, -0.25) is 4.79 Å². The Balaban J connectivity index is 0.00000312. The summed E-state index contributed by atoms with van der Waals surface area (Å²) < 4.78 is 6.58. The number of halogens is 2. The SMILES string of the molecule is CCOc1ccccc1C(C)NC(=O)C(C)(N)c1ccc(Br)cc1.Cl.